The Labute approximate surface area is 145 Å². The average molecular weight is 332 g/mol. The van der Waals surface area contributed by atoms with Gasteiger partial charge in [-0.25, -0.2) is 0 Å². The molecule has 0 saturated heterocycles. The Kier molecular flexibility index (Phi) is 3.78. The Balaban J connectivity index is 1.70. The van der Waals surface area contributed by atoms with E-state index in [9.17, 15) is 15.0 Å². The zero-order valence-electron chi connectivity index (χ0n) is 15.3. The van der Waals surface area contributed by atoms with Gasteiger partial charge in [-0.2, -0.15) is 0 Å². The van der Waals surface area contributed by atoms with Crippen molar-refractivity contribution in [3.63, 3.8) is 0 Å². The molecule has 0 aromatic heterocycles. The molecule has 0 spiro atoms. The van der Waals surface area contributed by atoms with Crippen LogP contribution in [0.4, 0.5) is 0 Å². The molecule has 3 fully saturated rings. The first-order valence-corrected chi connectivity index (χ1v) is 9.88. The lowest BCUT2D eigenvalue weighted by molar-refractivity contribution is -0.147. The van der Waals surface area contributed by atoms with Crippen molar-refractivity contribution in [3.8, 4) is 0 Å². The molecule has 0 bridgehead atoms. The lowest BCUT2D eigenvalue weighted by atomic mass is 9.46. The van der Waals surface area contributed by atoms with E-state index in [-0.39, 0.29) is 34.7 Å². The van der Waals surface area contributed by atoms with Crippen molar-refractivity contribution >= 4 is 5.78 Å². The lowest BCUT2D eigenvalue weighted by Crippen LogP contribution is -2.57. The van der Waals surface area contributed by atoms with E-state index in [4.69, 9.17) is 0 Å². The summed E-state index contributed by atoms with van der Waals surface area (Å²) < 4.78 is 0. The molecule has 3 nitrogen and oxygen atoms in total. The number of aliphatic hydroxyl groups is 2. The predicted octanol–water partition coefficient (Wildman–Crippen LogP) is 3.49. The highest BCUT2D eigenvalue weighted by atomic mass is 16.3. The highest BCUT2D eigenvalue weighted by molar-refractivity contribution is 5.91. The SMILES string of the molecule is C[C@H](O)[C@H]1CC[C@H]2[C@@H]3CCC4=CC(=O)CC[C@]4(C)[C@H]3CC(O)[C@]12C. The zero-order valence-corrected chi connectivity index (χ0v) is 15.3. The van der Waals surface area contributed by atoms with Crippen LogP contribution >= 0.6 is 0 Å². The van der Waals surface area contributed by atoms with E-state index >= 15 is 0 Å². The molecular weight excluding hydrogens is 300 g/mol. The number of rotatable bonds is 1. The molecule has 3 heteroatoms. The van der Waals surface area contributed by atoms with E-state index in [2.05, 4.69) is 13.8 Å². The van der Waals surface area contributed by atoms with Crippen LogP contribution < -0.4 is 0 Å². The monoisotopic (exact) mass is 332 g/mol. The van der Waals surface area contributed by atoms with Gasteiger partial charge in [-0.1, -0.05) is 19.4 Å². The Bertz CT molecular complexity index is 580. The molecule has 4 aliphatic rings. The minimum atomic E-state index is -0.340. The number of carbonyl (C=O) groups is 1. The molecule has 4 aliphatic carbocycles. The molecule has 3 saturated carbocycles. The summed E-state index contributed by atoms with van der Waals surface area (Å²) in [4.78, 5) is 11.9. The summed E-state index contributed by atoms with van der Waals surface area (Å²) in [6.45, 7) is 6.48. The van der Waals surface area contributed by atoms with E-state index < -0.39 is 0 Å². The number of aliphatic hydroxyl groups excluding tert-OH is 2. The third-order valence-electron chi connectivity index (χ3n) is 8.72. The maximum atomic E-state index is 11.9. The number of carbonyl (C=O) groups excluding carboxylic acids is 1. The number of hydrogen-bond acceptors (Lipinski definition) is 3. The molecule has 8 atom stereocenters. The van der Waals surface area contributed by atoms with Gasteiger partial charge in [0.15, 0.2) is 5.78 Å². The number of ketones is 1. The second-order valence-electron chi connectivity index (χ2n) is 9.51. The van der Waals surface area contributed by atoms with Gasteiger partial charge in [-0.15, -0.1) is 0 Å². The smallest absolute Gasteiger partial charge is 0.155 e. The van der Waals surface area contributed by atoms with E-state index in [1.165, 1.54) is 5.57 Å². The first-order valence-electron chi connectivity index (χ1n) is 9.88. The summed E-state index contributed by atoms with van der Waals surface area (Å²) in [5, 5.41) is 21.4. The molecule has 0 heterocycles. The molecule has 1 unspecified atom stereocenters. The summed E-state index contributed by atoms with van der Waals surface area (Å²) in [6.07, 6.45) is 8.08. The van der Waals surface area contributed by atoms with Gasteiger partial charge < -0.3 is 10.2 Å². The van der Waals surface area contributed by atoms with Gasteiger partial charge in [0.25, 0.3) is 0 Å². The standard InChI is InChI=1S/C21H32O3/c1-12(22)16-6-7-17-15-5-4-13-10-14(23)8-9-20(13,2)18(15)11-19(24)21(16,17)3/h10,12,15-19,22,24H,4-9,11H2,1-3H3/t12-,15-,16+,17-,18-,19?,20-,21+/m0/s1. The van der Waals surface area contributed by atoms with Crippen molar-refractivity contribution in [3.05, 3.63) is 11.6 Å². The summed E-state index contributed by atoms with van der Waals surface area (Å²) in [5.41, 5.74) is 1.31. The normalized spacial score (nSPS) is 52.1. The van der Waals surface area contributed by atoms with Crippen LogP contribution in [0.5, 0.6) is 0 Å². The fraction of sp³-hybridized carbons (Fsp3) is 0.857. The molecule has 0 aliphatic heterocycles. The van der Waals surface area contributed by atoms with Gasteiger partial charge in [-0.05, 0) is 80.6 Å². The zero-order chi connectivity index (χ0) is 17.3. The van der Waals surface area contributed by atoms with Crippen molar-refractivity contribution < 1.29 is 15.0 Å². The van der Waals surface area contributed by atoms with Crippen molar-refractivity contribution in [2.45, 2.75) is 77.9 Å². The molecule has 0 amide bonds. The fourth-order valence-electron chi connectivity index (χ4n) is 7.35. The lowest BCUT2D eigenvalue weighted by Gasteiger charge is -2.60. The summed E-state index contributed by atoms with van der Waals surface area (Å²) >= 11 is 0. The molecule has 134 valence electrons. The van der Waals surface area contributed by atoms with Crippen molar-refractivity contribution in [1.82, 2.24) is 0 Å². The minimum Gasteiger partial charge on any atom is -0.393 e. The van der Waals surface area contributed by atoms with Crippen LogP contribution in [-0.2, 0) is 4.79 Å². The molecule has 24 heavy (non-hydrogen) atoms. The molecule has 4 rings (SSSR count). The van der Waals surface area contributed by atoms with Crippen LogP contribution in [0.15, 0.2) is 11.6 Å². The molecule has 0 aromatic carbocycles. The van der Waals surface area contributed by atoms with Crippen LogP contribution in [-0.4, -0.2) is 28.2 Å². The summed E-state index contributed by atoms with van der Waals surface area (Å²) in [6, 6.07) is 0. The third-order valence-corrected chi connectivity index (χ3v) is 8.72. The molecule has 0 aromatic rings. The predicted molar refractivity (Wildman–Crippen MR) is 93.3 cm³/mol. The van der Waals surface area contributed by atoms with Crippen LogP contribution in [0.1, 0.15) is 65.7 Å². The highest BCUT2D eigenvalue weighted by Crippen LogP contribution is 2.66. The summed E-state index contributed by atoms with van der Waals surface area (Å²) in [7, 11) is 0. The molecule has 0 radical (unpaired) electrons. The van der Waals surface area contributed by atoms with Crippen molar-refractivity contribution in [2.24, 2.45) is 34.5 Å². The number of hydrogen-bond donors (Lipinski definition) is 2. The Morgan fingerprint density at radius 3 is 2.62 bits per heavy atom. The van der Waals surface area contributed by atoms with E-state index in [0.29, 0.717) is 24.2 Å². The Morgan fingerprint density at radius 1 is 1.17 bits per heavy atom. The van der Waals surface area contributed by atoms with Gasteiger partial charge in [0, 0.05) is 11.8 Å². The van der Waals surface area contributed by atoms with E-state index in [1.807, 2.05) is 13.0 Å². The average Bonchev–Trinajstić information content (AvgIpc) is 2.88. The number of fused-ring (bicyclic) bond motifs is 5. The largest absolute Gasteiger partial charge is 0.393 e. The first kappa shape index (κ1) is 16.8. The minimum absolute atomic E-state index is 0.0993. The van der Waals surface area contributed by atoms with Crippen molar-refractivity contribution in [1.29, 1.82) is 0 Å². The van der Waals surface area contributed by atoms with Crippen LogP contribution in [0.2, 0.25) is 0 Å². The van der Waals surface area contributed by atoms with Crippen LogP contribution in [0.3, 0.4) is 0 Å². The van der Waals surface area contributed by atoms with Crippen LogP contribution in [0, 0.1) is 34.5 Å². The van der Waals surface area contributed by atoms with E-state index in [1.54, 1.807) is 0 Å². The Hall–Kier alpha value is -0.670. The molecule has 2 N–H and O–H groups in total. The highest BCUT2D eigenvalue weighted by Gasteiger charge is 2.62. The maximum Gasteiger partial charge on any atom is 0.155 e. The van der Waals surface area contributed by atoms with Gasteiger partial charge in [0.05, 0.1) is 12.2 Å². The maximum absolute atomic E-state index is 11.9. The first-order chi connectivity index (χ1) is 11.3. The second-order valence-corrected chi connectivity index (χ2v) is 9.51. The molecular formula is C21H32O3. The second kappa shape index (κ2) is 5.41. The van der Waals surface area contributed by atoms with Crippen molar-refractivity contribution in [2.75, 3.05) is 0 Å². The van der Waals surface area contributed by atoms with Gasteiger partial charge in [0.2, 0.25) is 0 Å². The van der Waals surface area contributed by atoms with Gasteiger partial charge in [-0.3, -0.25) is 4.79 Å². The topological polar surface area (TPSA) is 57.5 Å². The van der Waals surface area contributed by atoms with Gasteiger partial charge in [0.1, 0.15) is 0 Å². The fourth-order valence-corrected chi connectivity index (χ4v) is 7.35. The summed E-state index contributed by atoms with van der Waals surface area (Å²) in [5.74, 6) is 2.15. The van der Waals surface area contributed by atoms with Crippen LogP contribution in [0.25, 0.3) is 0 Å². The quantitative estimate of drug-likeness (QED) is 0.773. The number of allylic oxidation sites excluding steroid dienone is 1. The third kappa shape index (κ3) is 2.07. The Morgan fingerprint density at radius 2 is 1.92 bits per heavy atom. The van der Waals surface area contributed by atoms with Gasteiger partial charge >= 0.3 is 0 Å². The van der Waals surface area contributed by atoms with E-state index in [0.717, 1.165) is 38.5 Å².